The standard InChI is InChI=1S/C12H17N3O/c16-12(10-4-5-10)14-7-1-3-11(9-14)15-8-2-6-13-15/h2,6,8,10-11H,1,3-5,7,9H2. The van der Waals surface area contributed by atoms with Crippen LogP contribution in [0.25, 0.3) is 0 Å². The first kappa shape index (κ1) is 9.87. The summed E-state index contributed by atoms with van der Waals surface area (Å²) in [6, 6.07) is 2.33. The number of hydrogen-bond acceptors (Lipinski definition) is 2. The topological polar surface area (TPSA) is 38.1 Å². The molecule has 0 N–H and O–H groups in total. The molecule has 16 heavy (non-hydrogen) atoms. The molecule has 2 heterocycles. The van der Waals surface area contributed by atoms with Gasteiger partial charge in [-0.25, -0.2) is 0 Å². The van der Waals surface area contributed by atoms with Crippen LogP contribution in [0.4, 0.5) is 0 Å². The maximum Gasteiger partial charge on any atom is 0.225 e. The Hall–Kier alpha value is -1.32. The average Bonchev–Trinajstić information content (AvgIpc) is 3.03. The number of piperidine rings is 1. The third-order valence-electron chi connectivity index (χ3n) is 3.53. The van der Waals surface area contributed by atoms with Crippen molar-refractivity contribution in [3.8, 4) is 0 Å². The number of carbonyl (C=O) groups excluding carboxylic acids is 1. The summed E-state index contributed by atoms with van der Waals surface area (Å²) in [6.07, 6.45) is 8.24. The van der Waals surface area contributed by atoms with E-state index >= 15 is 0 Å². The summed E-state index contributed by atoms with van der Waals surface area (Å²) in [4.78, 5) is 14.0. The quantitative estimate of drug-likeness (QED) is 0.755. The summed E-state index contributed by atoms with van der Waals surface area (Å²) in [5.41, 5.74) is 0. The molecule has 4 nitrogen and oxygen atoms in total. The minimum Gasteiger partial charge on any atom is -0.340 e. The van der Waals surface area contributed by atoms with Crippen LogP contribution in [0.3, 0.4) is 0 Å². The van der Waals surface area contributed by atoms with E-state index in [1.54, 1.807) is 0 Å². The number of carbonyl (C=O) groups is 1. The maximum absolute atomic E-state index is 12.0. The first-order chi connectivity index (χ1) is 7.84. The van der Waals surface area contributed by atoms with Crippen molar-refractivity contribution < 1.29 is 4.79 Å². The van der Waals surface area contributed by atoms with E-state index in [1.165, 1.54) is 0 Å². The third kappa shape index (κ3) is 1.84. The SMILES string of the molecule is O=C(C1CC1)N1CCCC(n2cccn2)C1. The van der Waals surface area contributed by atoms with Crippen LogP contribution in [0.5, 0.6) is 0 Å². The van der Waals surface area contributed by atoms with Crippen molar-refractivity contribution in [2.75, 3.05) is 13.1 Å². The second kappa shape index (κ2) is 3.92. The predicted octanol–water partition coefficient (Wildman–Crippen LogP) is 1.46. The van der Waals surface area contributed by atoms with Crippen molar-refractivity contribution in [3.05, 3.63) is 18.5 Å². The highest BCUT2D eigenvalue weighted by Crippen LogP contribution is 2.33. The fraction of sp³-hybridized carbons (Fsp3) is 0.667. The molecule has 1 saturated carbocycles. The van der Waals surface area contributed by atoms with Crippen molar-refractivity contribution in [3.63, 3.8) is 0 Å². The second-order valence-electron chi connectivity index (χ2n) is 4.84. The van der Waals surface area contributed by atoms with Gasteiger partial charge in [0.2, 0.25) is 5.91 Å². The summed E-state index contributed by atoms with van der Waals surface area (Å²) in [5.74, 6) is 0.716. The zero-order valence-electron chi connectivity index (χ0n) is 9.38. The van der Waals surface area contributed by atoms with Crippen molar-refractivity contribution in [1.82, 2.24) is 14.7 Å². The first-order valence-corrected chi connectivity index (χ1v) is 6.12. The summed E-state index contributed by atoms with van der Waals surface area (Å²) in [7, 11) is 0. The van der Waals surface area contributed by atoms with E-state index in [0.29, 0.717) is 17.9 Å². The Morgan fingerprint density at radius 1 is 1.31 bits per heavy atom. The summed E-state index contributed by atoms with van der Waals surface area (Å²) in [5, 5.41) is 4.27. The van der Waals surface area contributed by atoms with Gasteiger partial charge in [-0.1, -0.05) is 0 Å². The van der Waals surface area contributed by atoms with Crippen LogP contribution in [-0.2, 0) is 4.79 Å². The van der Waals surface area contributed by atoms with Gasteiger partial charge in [0.25, 0.3) is 0 Å². The smallest absolute Gasteiger partial charge is 0.225 e. The fourth-order valence-electron chi connectivity index (χ4n) is 2.46. The van der Waals surface area contributed by atoms with Crippen LogP contribution >= 0.6 is 0 Å². The summed E-state index contributed by atoms with van der Waals surface area (Å²) in [6.45, 7) is 1.78. The Labute approximate surface area is 95.2 Å². The minimum absolute atomic E-state index is 0.344. The van der Waals surface area contributed by atoms with Gasteiger partial charge in [0.15, 0.2) is 0 Å². The molecule has 0 aromatic carbocycles. The van der Waals surface area contributed by atoms with E-state index < -0.39 is 0 Å². The molecule has 3 rings (SSSR count). The van der Waals surface area contributed by atoms with E-state index in [1.807, 2.05) is 28.0 Å². The van der Waals surface area contributed by atoms with Crippen molar-refractivity contribution in [2.24, 2.45) is 5.92 Å². The Balaban J connectivity index is 1.67. The molecular weight excluding hydrogens is 202 g/mol. The van der Waals surface area contributed by atoms with Crippen LogP contribution in [0.15, 0.2) is 18.5 Å². The first-order valence-electron chi connectivity index (χ1n) is 6.12. The molecule has 2 aliphatic rings. The molecule has 4 heteroatoms. The van der Waals surface area contributed by atoms with E-state index in [-0.39, 0.29) is 0 Å². The minimum atomic E-state index is 0.344. The molecule has 1 atom stereocenters. The highest BCUT2D eigenvalue weighted by molar-refractivity contribution is 5.81. The highest BCUT2D eigenvalue weighted by Gasteiger charge is 2.35. The van der Waals surface area contributed by atoms with Crippen LogP contribution in [0.2, 0.25) is 0 Å². The Kier molecular flexibility index (Phi) is 2.42. The van der Waals surface area contributed by atoms with E-state index in [0.717, 1.165) is 38.8 Å². The monoisotopic (exact) mass is 219 g/mol. The molecule has 1 amide bonds. The Morgan fingerprint density at radius 2 is 2.19 bits per heavy atom. The van der Waals surface area contributed by atoms with Crippen molar-refractivity contribution >= 4 is 5.91 Å². The number of amides is 1. The fourth-order valence-corrected chi connectivity index (χ4v) is 2.46. The lowest BCUT2D eigenvalue weighted by Crippen LogP contribution is -2.41. The number of likely N-dealkylation sites (tertiary alicyclic amines) is 1. The largest absolute Gasteiger partial charge is 0.340 e. The zero-order chi connectivity index (χ0) is 11.0. The number of hydrogen-bond donors (Lipinski definition) is 0. The molecule has 0 spiro atoms. The Morgan fingerprint density at radius 3 is 2.88 bits per heavy atom. The molecule has 86 valence electrons. The molecule has 0 radical (unpaired) electrons. The summed E-state index contributed by atoms with van der Waals surface area (Å²) >= 11 is 0. The van der Waals surface area contributed by atoms with Crippen LogP contribution < -0.4 is 0 Å². The van der Waals surface area contributed by atoms with E-state index in [4.69, 9.17) is 0 Å². The maximum atomic E-state index is 12.0. The van der Waals surface area contributed by atoms with Crippen LogP contribution in [0, 0.1) is 5.92 Å². The van der Waals surface area contributed by atoms with E-state index in [9.17, 15) is 4.79 Å². The van der Waals surface area contributed by atoms with Gasteiger partial charge in [0.05, 0.1) is 6.04 Å². The van der Waals surface area contributed by atoms with Crippen LogP contribution in [-0.4, -0.2) is 33.7 Å². The van der Waals surface area contributed by atoms with Crippen LogP contribution in [0.1, 0.15) is 31.7 Å². The average molecular weight is 219 g/mol. The second-order valence-corrected chi connectivity index (χ2v) is 4.84. The number of nitrogens with zero attached hydrogens (tertiary/aromatic N) is 3. The highest BCUT2D eigenvalue weighted by atomic mass is 16.2. The van der Waals surface area contributed by atoms with Gasteiger partial charge in [-0.3, -0.25) is 9.48 Å². The van der Waals surface area contributed by atoms with Gasteiger partial charge >= 0.3 is 0 Å². The van der Waals surface area contributed by atoms with Crippen molar-refractivity contribution in [2.45, 2.75) is 31.7 Å². The van der Waals surface area contributed by atoms with Gasteiger partial charge in [-0.05, 0) is 31.7 Å². The van der Waals surface area contributed by atoms with Gasteiger partial charge in [0, 0.05) is 31.4 Å². The van der Waals surface area contributed by atoms with Gasteiger partial charge in [0.1, 0.15) is 0 Å². The molecule has 0 bridgehead atoms. The lowest BCUT2D eigenvalue weighted by Gasteiger charge is -2.33. The van der Waals surface area contributed by atoms with E-state index in [2.05, 4.69) is 5.10 Å². The number of rotatable bonds is 2. The zero-order valence-corrected chi connectivity index (χ0v) is 9.38. The van der Waals surface area contributed by atoms with Gasteiger partial charge in [-0.15, -0.1) is 0 Å². The number of aromatic nitrogens is 2. The molecule has 1 aromatic heterocycles. The molecule has 1 aliphatic heterocycles. The molecule has 1 aliphatic carbocycles. The summed E-state index contributed by atoms with van der Waals surface area (Å²) < 4.78 is 1.99. The third-order valence-corrected chi connectivity index (χ3v) is 3.53. The van der Waals surface area contributed by atoms with Gasteiger partial charge < -0.3 is 4.90 Å². The molecule has 1 unspecified atom stereocenters. The Bertz CT molecular complexity index is 370. The molecule has 1 saturated heterocycles. The van der Waals surface area contributed by atoms with Gasteiger partial charge in [-0.2, -0.15) is 5.10 Å². The lowest BCUT2D eigenvalue weighted by atomic mass is 10.1. The predicted molar refractivity (Wildman–Crippen MR) is 59.8 cm³/mol. The molecule has 2 fully saturated rings. The molecule has 1 aromatic rings. The lowest BCUT2D eigenvalue weighted by molar-refractivity contribution is -0.134. The molecular formula is C12H17N3O. The van der Waals surface area contributed by atoms with Crippen molar-refractivity contribution in [1.29, 1.82) is 0 Å². The normalized spacial score (nSPS) is 25.8.